The average molecular weight is 232 g/mol. The molecule has 3 nitrogen and oxygen atoms in total. The van der Waals surface area contributed by atoms with Crippen LogP contribution in [0.1, 0.15) is 24.3 Å². The van der Waals surface area contributed by atoms with Gasteiger partial charge in [-0.1, -0.05) is 6.07 Å². The van der Waals surface area contributed by atoms with Gasteiger partial charge in [-0.05, 0) is 61.8 Å². The van der Waals surface area contributed by atoms with Crippen LogP contribution in [0.4, 0.5) is 11.4 Å². The van der Waals surface area contributed by atoms with Gasteiger partial charge in [0.15, 0.2) is 5.11 Å². The van der Waals surface area contributed by atoms with Crippen LogP contribution in [0.25, 0.3) is 0 Å². The summed E-state index contributed by atoms with van der Waals surface area (Å²) in [6, 6.07) is 6.47. The fraction of sp³-hybridized carbons (Fsp3) is 0.417. The van der Waals surface area contributed by atoms with E-state index in [1.165, 1.54) is 18.4 Å². The minimum Gasteiger partial charge on any atom is -0.329 e. The lowest BCUT2D eigenvalue weighted by atomic mass is 9.90. The topological polar surface area (TPSA) is 38.2 Å². The van der Waals surface area contributed by atoms with Gasteiger partial charge in [0.2, 0.25) is 0 Å². The summed E-state index contributed by atoms with van der Waals surface area (Å²) in [5, 5.41) is 11.4. The third-order valence-corrected chi connectivity index (χ3v) is 3.49. The summed E-state index contributed by atoms with van der Waals surface area (Å²) in [5.74, 6) is 0.677. The Hall–Kier alpha value is -1.13. The molecule has 0 atom stereocenters. The first-order valence-electron chi connectivity index (χ1n) is 5.70. The zero-order valence-corrected chi connectivity index (χ0v) is 9.81. The molecule has 2 aliphatic heterocycles. The Morgan fingerprint density at radius 3 is 2.88 bits per heavy atom. The molecule has 0 bridgehead atoms. The van der Waals surface area contributed by atoms with Crippen molar-refractivity contribution in [3.63, 3.8) is 0 Å². The monoisotopic (exact) mass is 232 g/mol. The van der Waals surface area contributed by atoms with Crippen LogP contribution >= 0.6 is 12.2 Å². The fourth-order valence-corrected chi connectivity index (χ4v) is 2.62. The normalized spacial score (nSPS) is 20.1. The number of nitrogens with zero attached hydrogens (tertiary/aromatic N) is 1. The SMILES string of the molecule is S=C1[N]c2cc(C3CCNCC3)ccc2N1. The molecule has 0 aliphatic carbocycles. The summed E-state index contributed by atoms with van der Waals surface area (Å²) in [5.41, 5.74) is 3.44. The lowest BCUT2D eigenvalue weighted by molar-refractivity contribution is 0.460. The zero-order valence-electron chi connectivity index (χ0n) is 8.99. The van der Waals surface area contributed by atoms with Crippen molar-refractivity contribution in [1.29, 1.82) is 0 Å². The standard InChI is InChI=1S/C12H14N3S/c16-12-14-10-2-1-9(7-11(10)15-12)8-3-5-13-6-4-8/h1-2,7-8,13H,3-6H2,(H,14,16). The molecule has 0 saturated carbocycles. The molecule has 3 rings (SSSR count). The minimum atomic E-state index is 0.581. The highest BCUT2D eigenvalue weighted by atomic mass is 32.1. The van der Waals surface area contributed by atoms with E-state index in [1.807, 2.05) is 0 Å². The quantitative estimate of drug-likeness (QED) is 0.728. The summed E-state index contributed by atoms with van der Waals surface area (Å²) < 4.78 is 0. The molecule has 2 heterocycles. The summed E-state index contributed by atoms with van der Waals surface area (Å²) >= 11 is 5.04. The van der Waals surface area contributed by atoms with E-state index in [9.17, 15) is 0 Å². The van der Waals surface area contributed by atoms with Gasteiger partial charge in [0.05, 0.1) is 11.4 Å². The number of anilines is 1. The molecule has 0 unspecified atom stereocenters. The van der Waals surface area contributed by atoms with Gasteiger partial charge in [-0.15, -0.1) is 0 Å². The Morgan fingerprint density at radius 2 is 2.06 bits per heavy atom. The molecule has 0 spiro atoms. The number of hydrogen-bond acceptors (Lipinski definition) is 2. The van der Waals surface area contributed by atoms with Crippen molar-refractivity contribution >= 4 is 28.7 Å². The zero-order chi connectivity index (χ0) is 11.0. The Labute approximate surface area is 101 Å². The van der Waals surface area contributed by atoms with E-state index in [2.05, 4.69) is 34.1 Å². The van der Waals surface area contributed by atoms with E-state index < -0.39 is 0 Å². The molecule has 0 amide bonds. The number of nitrogens with one attached hydrogen (secondary N) is 2. The van der Waals surface area contributed by atoms with E-state index in [0.29, 0.717) is 11.0 Å². The smallest absolute Gasteiger partial charge is 0.197 e. The third-order valence-electron chi connectivity index (χ3n) is 3.30. The molecule has 4 heteroatoms. The van der Waals surface area contributed by atoms with Crippen molar-refractivity contribution in [3.8, 4) is 0 Å². The van der Waals surface area contributed by atoms with Crippen molar-refractivity contribution in [2.45, 2.75) is 18.8 Å². The maximum atomic E-state index is 5.04. The molecular formula is C12H14N3S. The Kier molecular flexibility index (Phi) is 2.53. The van der Waals surface area contributed by atoms with Gasteiger partial charge >= 0.3 is 0 Å². The first-order chi connectivity index (χ1) is 7.83. The molecule has 1 fully saturated rings. The molecule has 2 N–H and O–H groups in total. The number of benzene rings is 1. The van der Waals surface area contributed by atoms with Crippen LogP contribution < -0.4 is 16.0 Å². The average Bonchev–Trinajstić information content (AvgIpc) is 2.69. The first kappa shape index (κ1) is 10.1. The summed E-state index contributed by atoms with van der Waals surface area (Å²) in [6.45, 7) is 2.24. The second-order valence-electron chi connectivity index (χ2n) is 4.34. The van der Waals surface area contributed by atoms with E-state index in [-0.39, 0.29) is 0 Å². The van der Waals surface area contributed by atoms with Crippen LogP contribution in [0.15, 0.2) is 18.2 Å². The number of hydrogen-bond donors (Lipinski definition) is 2. The van der Waals surface area contributed by atoms with Gasteiger partial charge in [0.1, 0.15) is 0 Å². The van der Waals surface area contributed by atoms with Crippen molar-refractivity contribution in [2.24, 2.45) is 0 Å². The van der Waals surface area contributed by atoms with Gasteiger partial charge < -0.3 is 10.6 Å². The molecule has 2 aliphatic rings. The molecule has 16 heavy (non-hydrogen) atoms. The van der Waals surface area contributed by atoms with Crippen LogP contribution in [-0.4, -0.2) is 18.2 Å². The summed E-state index contributed by atoms with van der Waals surface area (Å²) in [7, 11) is 0. The van der Waals surface area contributed by atoms with Gasteiger partial charge in [0, 0.05) is 0 Å². The second kappa shape index (κ2) is 4.03. The van der Waals surface area contributed by atoms with E-state index in [4.69, 9.17) is 12.2 Å². The second-order valence-corrected chi connectivity index (χ2v) is 4.73. The summed E-state index contributed by atoms with van der Waals surface area (Å²) in [6.07, 6.45) is 2.44. The van der Waals surface area contributed by atoms with Crippen LogP contribution in [0, 0.1) is 0 Å². The highest BCUT2D eigenvalue weighted by Crippen LogP contribution is 2.33. The Bertz CT molecular complexity index is 424. The fourth-order valence-electron chi connectivity index (χ4n) is 2.41. The third kappa shape index (κ3) is 1.79. The van der Waals surface area contributed by atoms with E-state index in [0.717, 1.165) is 24.5 Å². The minimum absolute atomic E-state index is 0.581. The Balaban J connectivity index is 1.86. The first-order valence-corrected chi connectivity index (χ1v) is 6.11. The van der Waals surface area contributed by atoms with E-state index >= 15 is 0 Å². The van der Waals surface area contributed by atoms with E-state index in [1.54, 1.807) is 0 Å². The van der Waals surface area contributed by atoms with Gasteiger partial charge in [-0.25, -0.2) is 5.32 Å². The van der Waals surface area contributed by atoms with Gasteiger partial charge in [-0.2, -0.15) is 0 Å². The molecule has 1 saturated heterocycles. The predicted molar refractivity (Wildman–Crippen MR) is 69.3 cm³/mol. The Morgan fingerprint density at radius 1 is 1.25 bits per heavy atom. The number of rotatable bonds is 1. The highest BCUT2D eigenvalue weighted by molar-refractivity contribution is 7.80. The van der Waals surface area contributed by atoms with Crippen molar-refractivity contribution < 1.29 is 0 Å². The molecular weight excluding hydrogens is 218 g/mol. The van der Waals surface area contributed by atoms with Crippen LogP contribution in [0.3, 0.4) is 0 Å². The lowest BCUT2D eigenvalue weighted by Gasteiger charge is -2.23. The number of fused-ring (bicyclic) bond motifs is 1. The highest BCUT2D eigenvalue weighted by Gasteiger charge is 2.20. The van der Waals surface area contributed by atoms with Gasteiger partial charge in [0.25, 0.3) is 0 Å². The maximum Gasteiger partial charge on any atom is 0.197 e. The van der Waals surface area contributed by atoms with Crippen LogP contribution in [0.5, 0.6) is 0 Å². The number of piperidine rings is 1. The molecule has 0 aromatic heterocycles. The number of thiocarbonyl (C=S) groups is 1. The largest absolute Gasteiger partial charge is 0.329 e. The molecule has 1 aromatic rings. The van der Waals surface area contributed by atoms with Crippen molar-refractivity contribution in [1.82, 2.24) is 10.6 Å². The lowest BCUT2D eigenvalue weighted by Crippen LogP contribution is -2.26. The molecule has 83 valence electrons. The molecule has 1 aromatic carbocycles. The van der Waals surface area contributed by atoms with Crippen LogP contribution in [0.2, 0.25) is 0 Å². The summed E-state index contributed by atoms with van der Waals surface area (Å²) in [4.78, 5) is 0. The van der Waals surface area contributed by atoms with Crippen molar-refractivity contribution in [2.75, 3.05) is 18.4 Å². The van der Waals surface area contributed by atoms with Crippen LogP contribution in [-0.2, 0) is 0 Å². The van der Waals surface area contributed by atoms with Crippen molar-refractivity contribution in [3.05, 3.63) is 23.8 Å². The maximum absolute atomic E-state index is 5.04. The van der Waals surface area contributed by atoms with Gasteiger partial charge in [-0.3, -0.25) is 0 Å². The molecule has 1 radical (unpaired) electrons. The predicted octanol–water partition coefficient (Wildman–Crippen LogP) is 2.10.